The maximum Gasteiger partial charge on any atom is 0.416 e. The number of hydrogen-bond acceptors (Lipinski definition) is 3. The van der Waals surface area contributed by atoms with Gasteiger partial charge in [0.15, 0.2) is 5.69 Å². The van der Waals surface area contributed by atoms with Gasteiger partial charge in [-0.1, -0.05) is 24.8 Å². The van der Waals surface area contributed by atoms with E-state index in [2.05, 4.69) is 16.9 Å². The van der Waals surface area contributed by atoms with Crippen molar-refractivity contribution in [3.05, 3.63) is 83.6 Å². The van der Waals surface area contributed by atoms with Crippen molar-refractivity contribution in [2.45, 2.75) is 19.0 Å². The molecule has 6 nitrogen and oxygen atoms in total. The molecule has 0 aliphatic rings. The van der Waals surface area contributed by atoms with Gasteiger partial charge < -0.3 is 14.8 Å². The number of carbonyl (C=O) groups excluding carboxylic acids is 1. The number of carboxylic acids is 1. The molecular formula is C20H16F3N3O3. The number of pyridine rings is 1. The lowest BCUT2D eigenvalue weighted by Gasteiger charge is -2.10. The molecule has 1 aromatic carbocycles. The molecule has 1 amide bonds. The molecule has 3 aromatic rings. The first-order valence-corrected chi connectivity index (χ1v) is 8.47. The highest BCUT2D eigenvalue weighted by Gasteiger charge is 2.30. The van der Waals surface area contributed by atoms with Gasteiger partial charge in [0.25, 0.3) is 5.91 Å². The maximum atomic E-state index is 12.7. The number of imidazole rings is 1. The van der Waals surface area contributed by atoms with Crippen LogP contribution in [0.25, 0.3) is 5.52 Å². The molecule has 0 radical (unpaired) electrons. The molecule has 29 heavy (non-hydrogen) atoms. The number of rotatable bonds is 6. The Morgan fingerprint density at radius 3 is 2.48 bits per heavy atom. The van der Waals surface area contributed by atoms with E-state index in [9.17, 15) is 22.8 Å². The van der Waals surface area contributed by atoms with Gasteiger partial charge in [-0.15, -0.1) is 0 Å². The number of carbonyl (C=O) groups is 2. The zero-order valence-corrected chi connectivity index (χ0v) is 15.0. The van der Waals surface area contributed by atoms with Gasteiger partial charge in [0.2, 0.25) is 0 Å². The fraction of sp³-hybridized carbons (Fsp3) is 0.150. The molecule has 0 unspecified atom stereocenters. The highest BCUT2D eigenvalue weighted by atomic mass is 19.4. The van der Waals surface area contributed by atoms with Gasteiger partial charge in [0, 0.05) is 11.9 Å². The van der Waals surface area contributed by atoms with Crippen molar-refractivity contribution in [2.24, 2.45) is 0 Å². The van der Waals surface area contributed by atoms with E-state index in [1.54, 1.807) is 22.7 Å². The number of benzene rings is 1. The lowest BCUT2D eigenvalue weighted by molar-refractivity contribution is -0.138. The number of nitrogens with zero attached hydrogens (tertiary/aromatic N) is 2. The minimum Gasteiger partial charge on any atom is -0.481 e. The molecule has 3 rings (SSSR count). The van der Waals surface area contributed by atoms with Crippen LogP contribution >= 0.6 is 0 Å². The number of aliphatic carboxylic acids is 1. The van der Waals surface area contributed by atoms with E-state index >= 15 is 0 Å². The highest BCUT2D eigenvalue weighted by molar-refractivity contribution is 6.00. The molecule has 0 aliphatic heterocycles. The van der Waals surface area contributed by atoms with Gasteiger partial charge >= 0.3 is 12.1 Å². The first-order valence-electron chi connectivity index (χ1n) is 8.47. The fourth-order valence-corrected chi connectivity index (χ4v) is 2.91. The number of nitrogens with one attached hydrogen (secondary N) is 1. The molecule has 2 aromatic heterocycles. The standard InChI is InChI=1S/C20H16F3N3O3/c1-12(9-16(27)28)25-19(29)17-18-14(3-2-8-26(18)11-24-17)10-13-4-6-15(7-5-13)20(21,22)23/h2-8,11H,1,9-10H2,(H,25,29)(H,27,28). The largest absolute Gasteiger partial charge is 0.481 e. The van der Waals surface area contributed by atoms with E-state index in [4.69, 9.17) is 5.11 Å². The van der Waals surface area contributed by atoms with Crippen molar-refractivity contribution in [3.8, 4) is 0 Å². The minimum absolute atomic E-state index is 0.0175. The van der Waals surface area contributed by atoms with E-state index in [0.29, 0.717) is 16.6 Å². The third-order valence-corrected chi connectivity index (χ3v) is 4.19. The number of hydrogen-bond donors (Lipinski definition) is 2. The van der Waals surface area contributed by atoms with Gasteiger partial charge in [-0.05, 0) is 35.7 Å². The third kappa shape index (κ3) is 4.63. The van der Waals surface area contributed by atoms with Crippen LogP contribution in [-0.2, 0) is 17.4 Å². The van der Waals surface area contributed by atoms with Crippen molar-refractivity contribution in [1.29, 1.82) is 0 Å². The van der Waals surface area contributed by atoms with Crippen LogP contribution in [0.5, 0.6) is 0 Å². The Morgan fingerprint density at radius 1 is 1.17 bits per heavy atom. The Bertz CT molecular complexity index is 1090. The van der Waals surface area contributed by atoms with E-state index in [1.807, 2.05) is 0 Å². The molecule has 2 N–H and O–H groups in total. The quantitative estimate of drug-likeness (QED) is 0.658. The van der Waals surface area contributed by atoms with Crippen LogP contribution in [0, 0.1) is 0 Å². The summed E-state index contributed by atoms with van der Waals surface area (Å²) in [4.78, 5) is 27.3. The minimum atomic E-state index is -4.41. The predicted octanol–water partition coefficient (Wildman–Crippen LogP) is 3.66. The van der Waals surface area contributed by atoms with Crippen molar-refractivity contribution in [1.82, 2.24) is 14.7 Å². The molecule has 0 aliphatic carbocycles. The average molecular weight is 403 g/mol. The first-order chi connectivity index (χ1) is 13.6. The fourth-order valence-electron chi connectivity index (χ4n) is 2.91. The van der Waals surface area contributed by atoms with Crippen molar-refractivity contribution in [3.63, 3.8) is 0 Å². The summed E-state index contributed by atoms with van der Waals surface area (Å²) in [6, 6.07) is 8.27. The second kappa shape index (κ2) is 7.78. The van der Waals surface area contributed by atoms with Gasteiger partial charge in [-0.2, -0.15) is 13.2 Å². The summed E-state index contributed by atoms with van der Waals surface area (Å²) in [6.07, 6.45) is -1.43. The molecule has 0 spiro atoms. The Morgan fingerprint density at radius 2 is 1.86 bits per heavy atom. The number of alkyl halides is 3. The maximum absolute atomic E-state index is 12.7. The molecular weight excluding hydrogens is 387 g/mol. The summed E-state index contributed by atoms with van der Waals surface area (Å²) in [7, 11) is 0. The van der Waals surface area contributed by atoms with E-state index in [1.165, 1.54) is 18.5 Å². The summed E-state index contributed by atoms with van der Waals surface area (Å²) in [5, 5.41) is 11.2. The van der Waals surface area contributed by atoms with Gasteiger partial charge in [0.05, 0.1) is 17.5 Å². The van der Waals surface area contributed by atoms with Crippen LogP contribution in [0.2, 0.25) is 0 Å². The molecule has 0 saturated heterocycles. The van der Waals surface area contributed by atoms with E-state index in [-0.39, 0.29) is 17.8 Å². The van der Waals surface area contributed by atoms with Crippen LogP contribution in [0.3, 0.4) is 0 Å². The molecule has 0 fully saturated rings. The molecule has 0 atom stereocenters. The van der Waals surface area contributed by atoms with Crippen LogP contribution in [0.15, 0.2) is 61.2 Å². The predicted molar refractivity (Wildman–Crippen MR) is 98.3 cm³/mol. The van der Waals surface area contributed by atoms with E-state index < -0.39 is 30.0 Å². The number of carboxylic acid groups (broad SMARTS) is 1. The average Bonchev–Trinajstić information content (AvgIpc) is 3.06. The number of amides is 1. The van der Waals surface area contributed by atoms with Gasteiger partial charge in [0.1, 0.15) is 6.33 Å². The molecule has 9 heteroatoms. The number of aromatic nitrogens is 2. The lowest BCUT2D eigenvalue weighted by atomic mass is 10.0. The topological polar surface area (TPSA) is 83.7 Å². The Hall–Kier alpha value is -3.62. The smallest absolute Gasteiger partial charge is 0.416 e. The van der Waals surface area contributed by atoms with Gasteiger partial charge in [-0.3, -0.25) is 9.59 Å². The highest BCUT2D eigenvalue weighted by Crippen LogP contribution is 2.29. The number of fused-ring (bicyclic) bond motifs is 1. The summed E-state index contributed by atoms with van der Waals surface area (Å²) in [6.45, 7) is 3.50. The first kappa shape index (κ1) is 20.1. The second-order valence-electron chi connectivity index (χ2n) is 6.38. The van der Waals surface area contributed by atoms with Crippen molar-refractivity contribution < 1.29 is 27.9 Å². The van der Waals surface area contributed by atoms with Crippen LogP contribution in [0.1, 0.15) is 33.6 Å². The van der Waals surface area contributed by atoms with Crippen LogP contribution < -0.4 is 5.32 Å². The molecule has 0 saturated carbocycles. The monoisotopic (exact) mass is 403 g/mol. The van der Waals surface area contributed by atoms with Crippen LogP contribution in [-0.4, -0.2) is 26.4 Å². The van der Waals surface area contributed by atoms with Gasteiger partial charge in [-0.25, -0.2) is 4.98 Å². The van der Waals surface area contributed by atoms with E-state index in [0.717, 1.165) is 12.1 Å². The summed E-state index contributed by atoms with van der Waals surface area (Å²) < 4.78 is 39.8. The zero-order chi connectivity index (χ0) is 21.2. The Kier molecular flexibility index (Phi) is 5.40. The van der Waals surface area contributed by atoms with Crippen molar-refractivity contribution in [2.75, 3.05) is 0 Å². The second-order valence-corrected chi connectivity index (χ2v) is 6.38. The summed E-state index contributed by atoms with van der Waals surface area (Å²) in [5.41, 5.74) is 1.14. The Balaban J connectivity index is 1.89. The molecule has 2 heterocycles. The third-order valence-electron chi connectivity index (χ3n) is 4.19. The van der Waals surface area contributed by atoms with Crippen LogP contribution in [0.4, 0.5) is 13.2 Å². The SMILES string of the molecule is C=C(CC(=O)O)NC(=O)c1ncn2cccc(Cc3ccc(C(F)(F)F)cc3)c12. The normalized spacial score (nSPS) is 11.4. The molecule has 0 bridgehead atoms. The lowest BCUT2D eigenvalue weighted by Crippen LogP contribution is -2.24. The summed E-state index contributed by atoms with van der Waals surface area (Å²) in [5.74, 6) is -1.74. The summed E-state index contributed by atoms with van der Waals surface area (Å²) >= 11 is 0. The van der Waals surface area contributed by atoms with Crippen molar-refractivity contribution >= 4 is 17.4 Å². The zero-order valence-electron chi connectivity index (χ0n) is 15.0. The Labute approximate surface area is 163 Å². The number of halogens is 3. The molecule has 150 valence electrons.